The number of carbonyl (C=O) groups excluding carboxylic acids is 2. The van der Waals surface area contributed by atoms with Crippen LogP contribution in [0.25, 0.3) is 0 Å². The van der Waals surface area contributed by atoms with Crippen LogP contribution in [0.1, 0.15) is 45.6 Å². The van der Waals surface area contributed by atoms with Crippen LogP contribution in [0.5, 0.6) is 0 Å². The minimum atomic E-state index is -0.453. The number of benzene rings is 1. The summed E-state index contributed by atoms with van der Waals surface area (Å²) in [6.45, 7) is 0. The lowest BCUT2D eigenvalue weighted by Gasteiger charge is -2.10. The average Bonchev–Trinajstić information content (AvgIpc) is 2.76. The first-order valence-corrected chi connectivity index (χ1v) is 9.86. The van der Waals surface area contributed by atoms with E-state index < -0.39 is 5.91 Å². The van der Waals surface area contributed by atoms with Crippen LogP contribution >= 0.6 is 23.6 Å². The van der Waals surface area contributed by atoms with Gasteiger partial charge in [0.2, 0.25) is 5.91 Å². The van der Waals surface area contributed by atoms with Crippen LogP contribution in [-0.4, -0.2) is 16.9 Å². The Morgan fingerprint density at radius 1 is 1.12 bits per heavy atom. The third kappa shape index (κ3) is 4.47. The molecular formula is C19H21N3O2S2. The van der Waals surface area contributed by atoms with Crippen molar-refractivity contribution in [2.24, 2.45) is 5.73 Å². The van der Waals surface area contributed by atoms with Crippen molar-refractivity contribution in [3.8, 4) is 0 Å². The summed E-state index contributed by atoms with van der Waals surface area (Å²) in [6.07, 6.45) is 5.39. The second-order valence-electron chi connectivity index (χ2n) is 6.30. The first kappa shape index (κ1) is 18.5. The number of primary amides is 1. The van der Waals surface area contributed by atoms with Crippen molar-refractivity contribution in [2.75, 3.05) is 5.32 Å². The highest BCUT2D eigenvalue weighted by molar-refractivity contribution is 7.80. The lowest BCUT2D eigenvalue weighted by molar-refractivity contribution is -0.119. The van der Waals surface area contributed by atoms with E-state index in [1.165, 1.54) is 16.2 Å². The van der Waals surface area contributed by atoms with Gasteiger partial charge in [0.1, 0.15) is 5.00 Å². The van der Waals surface area contributed by atoms with Crippen LogP contribution in [0.4, 0.5) is 5.00 Å². The SMILES string of the molecule is NC(=O)c1c(NC(=S)NC(=O)Cc2ccccc2)sc2c1CCCCC2. The van der Waals surface area contributed by atoms with Crippen molar-refractivity contribution >= 4 is 45.5 Å². The van der Waals surface area contributed by atoms with Crippen LogP contribution < -0.4 is 16.4 Å². The van der Waals surface area contributed by atoms with E-state index in [1.54, 1.807) is 0 Å². The maximum absolute atomic E-state index is 12.1. The molecule has 0 bridgehead atoms. The number of thiocarbonyl (C=S) groups is 1. The predicted octanol–water partition coefficient (Wildman–Crippen LogP) is 3.17. The molecule has 3 rings (SSSR count). The van der Waals surface area contributed by atoms with Gasteiger partial charge in [0.05, 0.1) is 12.0 Å². The normalized spacial score (nSPS) is 13.4. The smallest absolute Gasteiger partial charge is 0.251 e. The predicted molar refractivity (Wildman–Crippen MR) is 109 cm³/mol. The van der Waals surface area contributed by atoms with Crippen LogP contribution in [-0.2, 0) is 24.1 Å². The molecule has 0 atom stereocenters. The van der Waals surface area contributed by atoms with Crippen molar-refractivity contribution in [1.82, 2.24) is 5.32 Å². The van der Waals surface area contributed by atoms with E-state index in [-0.39, 0.29) is 17.4 Å². The highest BCUT2D eigenvalue weighted by atomic mass is 32.1. The van der Waals surface area contributed by atoms with Gasteiger partial charge in [0.25, 0.3) is 5.91 Å². The molecule has 0 saturated heterocycles. The number of aryl methyl sites for hydroxylation is 1. The monoisotopic (exact) mass is 387 g/mol. The number of amides is 2. The Bertz CT molecular complexity index is 831. The maximum Gasteiger partial charge on any atom is 0.251 e. The summed E-state index contributed by atoms with van der Waals surface area (Å²) in [5, 5.41) is 6.49. The standard InChI is InChI=1S/C19H21N3O2S2/c20-17(24)16-13-9-5-2-6-10-14(13)26-18(16)22-19(25)21-15(23)11-12-7-3-1-4-8-12/h1,3-4,7-8H,2,5-6,9-11H2,(H2,20,24)(H2,21,22,23,25). The first-order valence-electron chi connectivity index (χ1n) is 8.63. The summed E-state index contributed by atoms with van der Waals surface area (Å²) in [5.41, 5.74) is 8.08. The Balaban J connectivity index is 1.69. The third-order valence-corrected chi connectivity index (χ3v) is 5.77. The van der Waals surface area contributed by atoms with E-state index in [9.17, 15) is 9.59 Å². The number of nitrogens with one attached hydrogen (secondary N) is 2. The first-order chi connectivity index (χ1) is 12.5. The molecule has 2 amide bonds. The van der Waals surface area contributed by atoms with Crippen LogP contribution in [0.15, 0.2) is 30.3 Å². The highest BCUT2D eigenvalue weighted by Crippen LogP contribution is 2.37. The summed E-state index contributed by atoms with van der Waals surface area (Å²) in [6, 6.07) is 9.45. The van der Waals surface area contributed by atoms with Gasteiger partial charge in [0, 0.05) is 4.88 Å². The zero-order chi connectivity index (χ0) is 18.5. The summed E-state index contributed by atoms with van der Waals surface area (Å²) >= 11 is 6.77. The number of hydrogen-bond donors (Lipinski definition) is 3. The molecule has 4 N–H and O–H groups in total. The van der Waals surface area contributed by atoms with E-state index >= 15 is 0 Å². The number of carbonyl (C=O) groups is 2. The van der Waals surface area contributed by atoms with Gasteiger partial charge in [-0.2, -0.15) is 0 Å². The molecule has 1 aliphatic rings. The number of thiophene rings is 1. The van der Waals surface area contributed by atoms with Gasteiger partial charge in [0.15, 0.2) is 5.11 Å². The highest BCUT2D eigenvalue weighted by Gasteiger charge is 2.23. The van der Waals surface area contributed by atoms with Crippen molar-refractivity contribution in [2.45, 2.75) is 38.5 Å². The fraction of sp³-hybridized carbons (Fsp3) is 0.316. The van der Waals surface area contributed by atoms with Gasteiger partial charge in [-0.15, -0.1) is 11.3 Å². The number of hydrogen-bond acceptors (Lipinski definition) is 4. The van der Waals surface area contributed by atoms with Gasteiger partial charge in [-0.05, 0) is 49.0 Å². The largest absolute Gasteiger partial charge is 0.365 e. The quantitative estimate of drug-likeness (QED) is 0.556. The van der Waals surface area contributed by atoms with Gasteiger partial charge in [-0.25, -0.2) is 0 Å². The van der Waals surface area contributed by atoms with E-state index in [4.69, 9.17) is 18.0 Å². The minimum Gasteiger partial charge on any atom is -0.365 e. The molecule has 1 aromatic heterocycles. The molecule has 0 unspecified atom stereocenters. The van der Waals surface area contributed by atoms with E-state index in [0.717, 1.165) is 43.2 Å². The second-order valence-corrected chi connectivity index (χ2v) is 7.81. The van der Waals surface area contributed by atoms with Crippen molar-refractivity contribution in [1.29, 1.82) is 0 Å². The summed E-state index contributed by atoms with van der Waals surface area (Å²) in [7, 11) is 0. The van der Waals surface area contributed by atoms with E-state index in [0.29, 0.717) is 10.6 Å². The molecule has 1 aromatic carbocycles. The summed E-state index contributed by atoms with van der Waals surface area (Å²) in [4.78, 5) is 25.3. The molecule has 0 aliphatic heterocycles. The van der Waals surface area contributed by atoms with Crippen LogP contribution in [0.2, 0.25) is 0 Å². The lowest BCUT2D eigenvalue weighted by atomic mass is 10.1. The number of anilines is 1. The Hall–Kier alpha value is -2.25. The molecule has 5 nitrogen and oxygen atoms in total. The Morgan fingerprint density at radius 3 is 2.58 bits per heavy atom. The molecule has 26 heavy (non-hydrogen) atoms. The van der Waals surface area contributed by atoms with E-state index in [2.05, 4.69) is 10.6 Å². The topological polar surface area (TPSA) is 84.2 Å². The molecular weight excluding hydrogens is 366 g/mol. The maximum atomic E-state index is 12.1. The fourth-order valence-corrected chi connectivity index (χ4v) is 4.76. The average molecular weight is 388 g/mol. The zero-order valence-corrected chi connectivity index (χ0v) is 16.0. The van der Waals surface area contributed by atoms with Crippen LogP contribution in [0.3, 0.4) is 0 Å². The molecule has 1 aliphatic carbocycles. The molecule has 1 heterocycles. The zero-order valence-electron chi connectivity index (χ0n) is 14.3. The minimum absolute atomic E-state index is 0.185. The third-order valence-electron chi connectivity index (χ3n) is 4.36. The van der Waals surface area contributed by atoms with Gasteiger partial charge >= 0.3 is 0 Å². The molecule has 2 aromatic rings. The Kier molecular flexibility index (Phi) is 6.00. The van der Waals surface area contributed by atoms with Crippen molar-refractivity contribution in [3.05, 3.63) is 51.9 Å². The van der Waals surface area contributed by atoms with Gasteiger partial charge in [-0.1, -0.05) is 36.8 Å². The fourth-order valence-electron chi connectivity index (χ4n) is 3.18. The Labute approximate surface area is 162 Å². The van der Waals surface area contributed by atoms with E-state index in [1.807, 2.05) is 30.3 Å². The molecule has 7 heteroatoms. The van der Waals surface area contributed by atoms with Crippen molar-refractivity contribution < 1.29 is 9.59 Å². The Morgan fingerprint density at radius 2 is 1.85 bits per heavy atom. The van der Waals surface area contributed by atoms with Crippen molar-refractivity contribution in [3.63, 3.8) is 0 Å². The second kappa shape index (κ2) is 8.42. The molecule has 0 radical (unpaired) electrons. The molecule has 0 saturated carbocycles. The number of rotatable bonds is 4. The van der Waals surface area contributed by atoms with Crippen LogP contribution in [0, 0.1) is 0 Å². The van der Waals surface area contributed by atoms with Gasteiger partial charge in [-0.3, -0.25) is 9.59 Å². The number of nitrogens with two attached hydrogens (primary N) is 1. The molecule has 0 fully saturated rings. The summed E-state index contributed by atoms with van der Waals surface area (Å²) in [5.74, 6) is -0.655. The lowest BCUT2D eigenvalue weighted by Crippen LogP contribution is -2.35. The summed E-state index contributed by atoms with van der Waals surface area (Å²) < 4.78 is 0. The molecule has 136 valence electrons. The number of fused-ring (bicyclic) bond motifs is 1. The molecule has 0 spiro atoms. The van der Waals surface area contributed by atoms with Gasteiger partial charge < -0.3 is 16.4 Å².